The second-order valence-corrected chi connectivity index (χ2v) is 3.01. The summed E-state index contributed by atoms with van der Waals surface area (Å²) < 4.78 is 0. The summed E-state index contributed by atoms with van der Waals surface area (Å²) in [7, 11) is 0. The first kappa shape index (κ1) is 9.89. The molecule has 0 aliphatic rings. The maximum Gasteiger partial charge on any atom is 0.145 e. The molecule has 1 rings (SSSR count). The van der Waals surface area contributed by atoms with Crippen LogP contribution in [0.25, 0.3) is 6.08 Å². The minimum atomic E-state index is 0.0362. The van der Waals surface area contributed by atoms with E-state index < -0.39 is 0 Å². The van der Waals surface area contributed by atoms with Gasteiger partial charge in [-0.05, 0) is 12.1 Å². The van der Waals surface area contributed by atoms with Crippen LogP contribution in [0.3, 0.4) is 0 Å². The monoisotopic (exact) mass is 198 g/mol. The zero-order valence-corrected chi connectivity index (χ0v) is 7.75. The van der Waals surface area contributed by atoms with Gasteiger partial charge in [0.1, 0.15) is 5.75 Å². The van der Waals surface area contributed by atoms with Crippen LogP contribution >= 0.6 is 11.6 Å². The van der Waals surface area contributed by atoms with Crippen molar-refractivity contribution in [3.63, 3.8) is 0 Å². The molecule has 0 aliphatic carbocycles. The molecule has 0 saturated carbocycles. The van der Waals surface area contributed by atoms with Gasteiger partial charge in [-0.25, -0.2) is 0 Å². The molecule has 3 nitrogen and oxygen atoms in total. The Morgan fingerprint density at radius 1 is 1.46 bits per heavy atom. The highest BCUT2D eigenvalue weighted by Crippen LogP contribution is 2.29. The number of nitrogens with two attached hydrogens (primary N) is 2. The molecule has 0 fully saturated rings. The summed E-state index contributed by atoms with van der Waals surface area (Å²) in [5, 5.41) is 9.97. The van der Waals surface area contributed by atoms with Gasteiger partial charge in [-0.1, -0.05) is 23.8 Å². The summed E-state index contributed by atoms with van der Waals surface area (Å²) in [6, 6.07) is 3.12. The quantitative estimate of drug-likeness (QED) is 0.499. The van der Waals surface area contributed by atoms with Gasteiger partial charge in [-0.3, -0.25) is 0 Å². The van der Waals surface area contributed by atoms with Crippen LogP contribution in [0.15, 0.2) is 18.2 Å². The van der Waals surface area contributed by atoms with Crippen molar-refractivity contribution in [2.45, 2.75) is 0 Å². The van der Waals surface area contributed by atoms with Gasteiger partial charge in [0, 0.05) is 17.1 Å². The largest absolute Gasteiger partial charge is 0.505 e. The second-order valence-electron chi connectivity index (χ2n) is 2.57. The number of halogens is 1. The first-order valence-corrected chi connectivity index (χ1v) is 4.17. The fraction of sp³-hybridized carbons (Fsp3) is 0.111. The fourth-order valence-corrected chi connectivity index (χ4v) is 1.20. The lowest BCUT2D eigenvalue weighted by Gasteiger charge is -2.03. The van der Waals surface area contributed by atoms with Gasteiger partial charge in [0.15, 0.2) is 0 Å². The summed E-state index contributed by atoms with van der Waals surface area (Å²) in [5.74, 6) is 0.0362. The van der Waals surface area contributed by atoms with Crippen molar-refractivity contribution in [3.05, 3.63) is 28.8 Å². The standard InChI is InChI=1S/C9H11ClN2O/c10-7-4-6(2-1-3-11)9(13)8(12)5-7/h1-2,4-5,13H,3,11-12H2. The molecule has 0 heterocycles. The number of rotatable bonds is 2. The third-order valence-electron chi connectivity index (χ3n) is 1.57. The van der Waals surface area contributed by atoms with E-state index in [0.717, 1.165) is 0 Å². The smallest absolute Gasteiger partial charge is 0.145 e. The summed E-state index contributed by atoms with van der Waals surface area (Å²) in [4.78, 5) is 0. The number of anilines is 1. The van der Waals surface area contributed by atoms with E-state index >= 15 is 0 Å². The molecule has 70 valence electrons. The van der Waals surface area contributed by atoms with Crippen LogP contribution in [0, 0.1) is 0 Å². The van der Waals surface area contributed by atoms with Crippen molar-refractivity contribution >= 4 is 23.4 Å². The van der Waals surface area contributed by atoms with Crippen LogP contribution < -0.4 is 11.5 Å². The maximum atomic E-state index is 9.47. The van der Waals surface area contributed by atoms with E-state index in [1.807, 2.05) is 0 Å². The fourth-order valence-electron chi connectivity index (χ4n) is 0.964. The van der Waals surface area contributed by atoms with Crippen LogP contribution in [0.4, 0.5) is 5.69 Å². The van der Waals surface area contributed by atoms with Gasteiger partial charge in [0.05, 0.1) is 5.69 Å². The molecule has 4 heteroatoms. The Kier molecular flexibility index (Phi) is 3.17. The molecule has 0 bridgehead atoms. The van der Waals surface area contributed by atoms with Crippen LogP contribution in [-0.2, 0) is 0 Å². The molecule has 0 unspecified atom stereocenters. The molecule has 0 saturated heterocycles. The number of hydrogen-bond donors (Lipinski definition) is 3. The zero-order valence-electron chi connectivity index (χ0n) is 7.00. The minimum Gasteiger partial charge on any atom is -0.505 e. The molecular formula is C9H11ClN2O. The van der Waals surface area contributed by atoms with Crippen molar-refractivity contribution in [1.82, 2.24) is 0 Å². The number of nitrogen functional groups attached to an aromatic ring is 1. The Labute approximate surface area is 81.6 Å². The number of phenols is 1. The first-order valence-electron chi connectivity index (χ1n) is 3.79. The summed E-state index contributed by atoms with van der Waals surface area (Å²) in [5.41, 5.74) is 11.6. The predicted molar refractivity (Wildman–Crippen MR) is 55.6 cm³/mol. The summed E-state index contributed by atoms with van der Waals surface area (Å²) in [6.07, 6.45) is 3.39. The summed E-state index contributed by atoms with van der Waals surface area (Å²) in [6.45, 7) is 0.409. The lowest BCUT2D eigenvalue weighted by Crippen LogP contribution is -1.92. The zero-order chi connectivity index (χ0) is 9.84. The molecule has 5 N–H and O–H groups in total. The molecule has 0 spiro atoms. The van der Waals surface area contributed by atoms with Gasteiger partial charge < -0.3 is 16.6 Å². The number of phenolic OH excluding ortho intramolecular Hbond substituents is 1. The van der Waals surface area contributed by atoms with Crippen molar-refractivity contribution < 1.29 is 5.11 Å². The molecule has 1 aromatic rings. The third kappa shape index (κ3) is 2.37. The Balaban J connectivity index is 3.12. The van der Waals surface area contributed by atoms with E-state index in [0.29, 0.717) is 17.1 Å². The van der Waals surface area contributed by atoms with Gasteiger partial charge in [-0.15, -0.1) is 0 Å². The second kappa shape index (κ2) is 4.16. The SMILES string of the molecule is NCC=Cc1cc(Cl)cc(N)c1O. The Bertz CT molecular complexity index is 337. The average molecular weight is 199 g/mol. The summed E-state index contributed by atoms with van der Waals surface area (Å²) >= 11 is 5.74. The Hall–Kier alpha value is -1.19. The van der Waals surface area contributed by atoms with Crippen LogP contribution in [0.2, 0.25) is 5.02 Å². The van der Waals surface area contributed by atoms with Crippen molar-refractivity contribution in [3.8, 4) is 5.75 Å². The first-order chi connectivity index (χ1) is 6.15. The number of hydrogen-bond acceptors (Lipinski definition) is 3. The van der Waals surface area contributed by atoms with Crippen LogP contribution in [-0.4, -0.2) is 11.7 Å². The molecule has 13 heavy (non-hydrogen) atoms. The van der Waals surface area contributed by atoms with E-state index in [4.69, 9.17) is 23.1 Å². The molecule has 0 radical (unpaired) electrons. The topological polar surface area (TPSA) is 72.3 Å². The molecule has 0 atom stereocenters. The number of aromatic hydroxyl groups is 1. The van der Waals surface area contributed by atoms with Gasteiger partial charge in [0.2, 0.25) is 0 Å². The van der Waals surface area contributed by atoms with E-state index in [9.17, 15) is 5.11 Å². The highest BCUT2D eigenvalue weighted by molar-refractivity contribution is 6.31. The molecule has 0 aromatic heterocycles. The third-order valence-corrected chi connectivity index (χ3v) is 1.79. The lowest BCUT2D eigenvalue weighted by molar-refractivity contribution is 0.476. The lowest BCUT2D eigenvalue weighted by atomic mass is 10.1. The molecule has 1 aromatic carbocycles. The normalized spacial score (nSPS) is 10.9. The highest BCUT2D eigenvalue weighted by atomic mass is 35.5. The molecular weight excluding hydrogens is 188 g/mol. The predicted octanol–water partition coefficient (Wildman–Crippen LogP) is 1.60. The number of benzene rings is 1. The van der Waals surface area contributed by atoms with E-state index in [2.05, 4.69) is 0 Å². The van der Waals surface area contributed by atoms with Crippen LogP contribution in [0.5, 0.6) is 5.75 Å². The highest BCUT2D eigenvalue weighted by Gasteiger charge is 2.03. The van der Waals surface area contributed by atoms with Crippen molar-refractivity contribution in [2.75, 3.05) is 12.3 Å². The van der Waals surface area contributed by atoms with Crippen LogP contribution in [0.1, 0.15) is 5.56 Å². The van der Waals surface area contributed by atoms with Crippen molar-refractivity contribution in [2.24, 2.45) is 5.73 Å². The van der Waals surface area contributed by atoms with Gasteiger partial charge in [0.25, 0.3) is 0 Å². The van der Waals surface area contributed by atoms with Crippen molar-refractivity contribution in [1.29, 1.82) is 0 Å². The van der Waals surface area contributed by atoms with Gasteiger partial charge in [-0.2, -0.15) is 0 Å². The minimum absolute atomic E-state index is 0.0362. The van der Waals surface area contributed by atoms with E-state index in [1.54, 1.807) is 18.2 Å². The Morgan fingerprint density at radius 3 is 2.77 bits per heavy atom. The van der Waals surface area contributed by atoms with Gasteiger partial charge >= 0.3 is 0 Å². The van der Waals surface area contributed by atoms with E-state index in [1.165, 1.54) is 6.07 Å². The van der Waals surface area contributed by atoms with E-state index in [-0.39, 0.29) is 11.4 Å². The molecule has 0 amide bonds. The molecule has 0 aliphatic heterocycles. The Morgan fingerprint density at radius 2 is 2.15 bits per heavy atom. The average Bonchev–Trinajstić information content (AvgIpc) is 2.09. The maximum absolute atomic E-state index is 9.47.